The summed E-state index contributed by atoms with van der Waals surface area (Å²) in [7, 11) is 0. The summed E-state index contributed by atoms with van der Waals surface area (Å²) < 4.78 is 118. The molecule has 1 atom stereocenters. The van der Waals surface area contributed by atoms with Crippen molar-refractivity contribution in [2.75, 3.05) is 16.8 Å². The minimum absolute atomic E-state index is 0.0212. The Morgan fingerprint density at radius 3 is 1.69 bits per heavy atom. The molecule has 32 heavy (non-hydrogen) atoms. The molecule has 1 amide bonds. The summed E-state index contributed by atoms with van der Waals surface area (Å²) in [5, 5.41) is 2.19. The number of anilines is 3. The van der Waals surface area contributed by atoms with Crippen LogP contribution in [0.15, 0.2) is 39.3 Å². The van der Waals surface area contributed by atoms with E-state index in [1.165, 1.54) is 12.1 Å². The normalized spacial score (nSPS) is 14.7. The van der Waals surface area contributed by atoms with Crippen molar-refractivity contribution in [1.29, 1.82) is 0 Å². The lowest BCUT2D eigenvalue weighted by molar-refractivity contribution is -0.389. The van der Waals surface area contributed by atoms with Crippen LogP contribution in [-0.4, -0.2) is 24.2 Å². The van der Waals surface area contributed by atoms with Crippen molar-refractivity contribution < 1.29 is 44.3 Å². The number of nitrogens with one attached hydrogen (secondary N) is 1. The van der Waals surface area contributed by atoms with Gasteiger partial charge in [0.25, 0.3) is 5.91 Å². The second kappa shape index (κ2) is 8.32. The van der Waals surface area contributed by atoms with Crippen molar-refractivity contribution in [3.8, 4) is 0 Å². The summed E-state index contributed by atoms with van der Waals surface area (Å²) in [5.74, 6) is -7.72. The predicted molar refractivity (Wildman–Crippen MR) is 105 cm³/mol. The molecule has 2 aromatic rings. The second-order valence-electron chi connectivity index (χ2n) is 6.34. The van der Waals surface area contributed by atoms with Crippen LogP contribution < -0.4 is 16.8 Å². The van der Waals surface area contributed by atoms with Gasteiger partial charge in [0.1, 0.15) is 0 Å². The van der Waals surface area contributed by atoms with Gasteiger partial charge >= 0.3 is 23.9 Å². The van der Waals surface area contributed by atoms with Crippen LogP contribution in [0.3, 0.4) is 0 Å². The number of rotatable bonds is 4. The molecule has 0 radical (unpaired) electrons. The van der Waals surface area contributed by atoms with Crippen LogP contribution in [0, 0.1) is 0 Å². The maximum Gasteiger partial charge on any atom is 0.457 e. The van der Waals surface area contributed by atoms with Gasteiger partial charge in [-0.05, 0) is 62.2 Å². The Bertz CT molecular complexity index is 1030. The molecule has 0 aromatic heterocycles. The Labute approximate surface area is 190 Å². The van der Waals surface area contributed by atoms with Crippen molar-refractivity contribution in [2.24, 2.45) is 0 Å². The number of benzene rings is 2. The summed E-state index contributed by atoms with van der Waals surface area (Å²) >= 11 is 5.30. The highest BCUT2D eigenvalue weighted by Gasteiger charge is 2.81. The molecular weight excluding hydrogens is 593 g/mol. The lowest BCUT2D eigenvalue weighted by Gasteiger charge is -2.36. The van der Waals surface area contributed by atoms with E-state index >= 15 is 0 Å². The average Bonchev–Trinajstić information content (AvgIpc) is 2.63. The Kier molecular flexibility index (Phi) is 6.78. The Morgan fingerprint density at radius 1 is 0.781 bits per heavy atom. The maximum atomic E-state index is 14.7. The Balaban J connectivity index is 2.57. The zero-order chi connectivity index (χ0) is 24.9. The molecule has 0 aliphatic heterocycles. The van der Waals surface area contributed by atoms with E-state index in [1.807, 2.05) is 0 Å². The zero-order valence-corrected chi connectivity index (χ0v) is 18.3. The maximum absolute atomic E-state index is 14.7. The number of halogens is 11. The first-order valence-corrected chi connectivity index (χ1v) is 9.59. The van der Waals surface area contributed by atoms with Gasteiger partial charge in [0, 0.05) is 20.1 Å². The first-order chi connectivity index (χ1) is 14.3. The third-order valence-electron chi connectivity index (χ3n) is 4.21. The van der Waals surface area contributed by atoms with Crippen LogP contribution in [-0.2, 0) is 5.67 Å². The fraction of sp³-hybridized carbons (Fsp3) is 0.235. The highest BCUT2D eigenvalue weighted by molar-refractivity contribution is 9.11. The van der Waals surface area contributed by atoms with Crippen LogP contribution in [0.4, 0.5) is 56.6 Å². The van der Waals surface area contributed by atoms with E-state index in [4.69, 9.17) is 11.5 Å². The van der Waals surface area contributed by atoms with Crippen molar-refractivity contribution >= 4 is 54.8 Å². The van der Waals surface area contributed by atoms with Crippen molar-refractivity contribution in [1.82, 2.24) is 0 Å². The van der Waals surface area contributed by atoms with Gasteiger partial charge in [-0.2, -0.15) is 35.1 Å². The first-order valence-electron chi connectivity index (χ1n) is 8.00. The molecule has 15 heteroatoms. The minimum atomic E-state index is -6.86. The van der Waals surface area contributed by atoms with Gasteiger partial charge < -0.3 is 16.8 Å². The van der Waals surface area contributed by atoms with Crippen LogP contribution in [0.1, 0.15) is 15.9 Å². The molecule has 5 N–H and O–H groups in total. The number of amides is 1. The van der Waals surface area contributed by atoms with E-state index < -0.39 is 44.4 Å². The van der Waals surface area contributed by atoms with Crippen molar-refractivity contribution in [3.63, 3.8) is 0 Å². The SMILES string of the molecule is Nc1ccc(C(=O)Nc2c(Br)cc(C(F)(C(F)(F)F)C(F)(F)C(F)(F)F)cc2Br)cc1N. The van der Waals surface area contributed by atoms with Crippen LogP contribution in [0.2, 0.25) is 0 Å². The number of nitrogens with two attached hydrogens (primary N) is 2. The van der Waals surface area contributed by atoms with Crippen molar-refractivity contribution in [2.45, 2.75) is 23.9 Å². The van der Waals surface area contributed by atoms with E-state index in [1.54, 1.807) is 0 Å². The van der Waals surface area contributed by atoms with Gasteiger partial charge in [-0.1, -0.05) is 0 Å². The topological polar surface area (TPSA) is 81.1 Å². The summed E-state index contributed by atoms with van der Waals surface area (Å²) in [6.07, 6.45) is -13.5. The predicted octanol–water partition coefficient (Wildman–Crippen LogP) is 6.55. The van der Waals surface area contributed by atoms with Gasteiger partial charge in [-0.15, -0.1) is 0 Å². The number of carbonyl (C=O) groups is 1. The van der Waals surface area contributed by atoms with Crippen molar-refractivity contribution in [3.05, 3.63) is 50.4 Å². The monoisotopic (exact) mass is 601 g/mol. The number of nitrogen functional groups attached to an aromatic ring is 2. The molecule has 2 rings (SSSR count). The quantitative estimate of drug-likeness (QED) is 0.274. The molecule has 0 bridgehead atoms. The van der Waals surface area contributed by atoms with E-state index in [0.717, 1.165) is 6.07 Å². The molecule has 4 nitrogen and oxygen atoms in total. The van der Waals surface area contributed by atoms with Crippen LogP contribution in [0.25, 0.3) is 0 Å². The largest absolute Gasteiger partial charge is 0.457 e. The fourth-order valence-electron chi connectivity index (χ4n) is 2.51. The highest BCUT2D eigenvalue weighted by atomic mass is 79.9. The average molecular weight is 603 g/mol. The molecular formula is C17H10Br2F9N3O. The second-order valence-corrected chi connectivity index (χ2v) is 8.05. The minimum Gasteiger partial charge on any atom is -0.397 e. The van der Waals surface area contributed by atoms with E-state index in [-0.39, 0.29) is 34.8 Å². The number of alkyl halides is 9. The van der Waals surface area contributed by atoms with E-state index in [0.29, 0.717) is 0 Å². The Morgan fingerprint density at radius 2 is 1.28 bits per heavy atom. The fourth-order valence-corrected chi connectivity index (χ4v) is 3.90. The first kappa shape index (κ1) is 26.1. The summed E-state index contributed by atoms with van der Waals surface area (Å²) in [4.78, 5) is 12.3. The highest BCUT2D eigenvalue weighted by Crippen LogP contribution is 2.59. The molecule has 0 aliphatic rings. The van der Waals surface area contributed by atoms with Gasteiger partial charge in [-0.3, -0.25) is 4.79 Å². The standard InChI is InChI=1S/C17H10Br2F9N3O/c18-8-4-7(14(20,16(23,24)25)15(21,22)17(26,27)28)5-9(19)12(8)31-13(32)6-1-2-10(29)11(30)3-6/h1-5H,29-30H2,(H,31,32). The van der Waals surface area contributed by atoms with E-state index in [2.05, 4.69) is 37.2 Å². The molecule has 0 saturated carbocycles. The number of carbonyl (C=O) groups excluding carboxylic acids is 1. The van der Waals surface area contributed by atoms with Crippen LogP contribution in [0.5, 0.6) is 0 Å². The third-order valence-corrected chi connectivity index (χ3v) is 5.46. The smallest absolute Gasteiger partial charge is 0.397 e. The third kappa shape index (κ3) is 4.36. The molecule has 176 valence electrons. The molecule has 0 saturated heterocycles. The van der Waals surface area contributed by atoms with Gasteiger partial charge in [-0.25, -0.2) is 4.39 Å². The Hall–Kier alpha value is -2.16. The van der Waals surface area contributed by atoms with Gasteiger partial charge in [0.2, 0.25) is 0 Å². The molecule has 0 heterocycles. The molecule has 0 aliphatic carbocycles. The number of hydrogen-bond acceptors (Lipinski definition) is 3. The van der Waals surface area contributed by atoms with Gasteiger partial charge in [0.15, 0.2) is 0 Å². The summed E-state index contributed by atoms with van der Waals surface area (Å²) in [6, 6.07) is 3.78. The lowest BCUT2D eigenvalue weighted by atomic mass is 9.87. The lowest BCUT2D eigenvalue weighted by Crippen LogP contribution is -2.59. The molecule has 0 fully saturated rings. The summed E-state index contributed by atoms with van der Waals surface area (Å²) in [5.41, 5.74) is 2.60. The number of hydrogen-bond donors (Lipinski definition) is 3. The van der Waals surface area contributed by atoms with Crippen LogP contribution >= 0.6 is 31.9 Å². The molecule has 2 aromatic carbocycles. The van der Waals surface area contributed by atoms with Gasteiger partial charge in [0.05, 0.1) is 17.1 Å². The molecule has 1 unspecified atom stereocenters. The van der Waals surface area contributed by atoms with E-state index in [9.17, 15) is 44.3 Å². The molecule has 0 spiro atoms. The zero-order valence-electron chi connectivity index (χ0n) is 15.1. The summed E-state index contributed by atoms with van der Waals surface area (Å²) in [6.45, 7) is 0.